The van der Waals surface area contributed by atoms with E-state index in [0.717, 1.165) is 6.07 Å². The number of aliphatic hydroxyl groups excluding tert-OH is 1. The summed E-state index contributed by atoms with van der Waals surface area (Å²) in [5.74, 6) is -2.11. The van der Waals surface area contributed by atoms with Gasteiger partial charge in [-0.05, 0) is 56.3 Å². The van der Waals surface area contributed by atoms with Crippen LogP contribution in [-0.2, 0) is 7.05 Å². The fourth-order valence-electron chi connectivity index (χ4n) is 4.16. The zero-order valence-corrected chi connectivity index (χ0v) is 20.5. The van der Waals surface area contributed by atoms with Crippen LogP contribution in [-0.4, -0.2) is 35.0 Å². The Hall–Kier alpha value is -4.84. The molecule has 38 heavy (non-hydrogen) atoms. The number of nitrogens with one attached hydrogen (secondary N) is 1. The van der Waals surface area contributed by atoms with Crippen molar-refractivity contribution in [3.8, 4) is 17.3 Å². The summed E-state index contributed by atoms with van der Waals surface area (Å²) >= 11 is 0. The summed E-state index contributed by atoms with van der Waals surface area (Å²) in [7, 11) is 1.60. The van der Waals surface area contributed by atoms with Crippen molar-refractivity contribution in [3.05, 3.63) is 99.9 Å². The third-order valence-electron chi connectivity index (χ3n) is 6.15. The highest BCUT2D eigenvalue weighted by molar-refractivity contribution is 6.05. The lowest BCUT2D eigenvalue weighted by Crippen LogP contribution is -2.25. The Morgan fingerprint density at radius 3 is 2.55 bits per heavy atom. The van der Waals surface area contributed by atoms with E-state index >= 15 is 0 Å². The second-order valence-electron chi connectivity index (χ2n) is 8.58. The summed E-state index contributed by atoms with van der Waals surface area (Å²) in [6.45, 7) is 3.17. The van der Waals surface area contributed by atoms with Crippen molar-refractivity contribution in [2.75, 3.05) is 5.32 Å². The molecule has 0 radical (unpaired) electrons. The molecule has 194 valence electrons. The minimum Gasteiger partial charge on any atom is -0.434 e. The third-order valence-corrected chi connectivity index (χ3v) is 6.15. The van der Waals surface area contributed by atoms with Crippen molar-refractivity contribution in [1.82, 2.24) is 24.0 Å². The molecular formula is C26H22F2N6O4. The van der Waals surface area contributed by atoms with E-state index in [0.29, 0.717) is 22.5 Å². The van der Waals surface area contributed by atoms with Gasteiger partial charge in [-0.1, -0.05) is 0 Å². The van der Waals surface area contributed by atoms with Gasteiger partial charge in [-0.2, -0.15) is 10.1 Å². The molecule has 0 aliphatic heterocycles. The number of aliphatic hydroxyl groups is 1. The van der Waals surface area contributed by atoms with E-state index in [4.69, 9.17) is 4.74 Å². The van der Waals surface area contributed by atoms with Gasteiger partial charge in [-0.25, -0.2) is 18.0 Å². The van der Waals surface area contributed by atoms with E-state index in [2.05, 4.69) is 15.4 Å². The molecule has 5 rings (SSSR count). The number of fused-ring (bicyclic) bond motifs is 1. The first kappa shape index (κ1) is 24.8. The molecule has 2 N–H and O–H groups in total. The second kappa shape index (κ2) is 9.56. The van der Waals surface area contributed by atoms with Gasteiger partial charge in [0, 0.05) is 30.6 Å². The molecule has 0 saturated heterocycles. The Kier molecular flexibility index (Phi) is 6.25. The molecule has 1 unspecified atom stereocenters. The Morgan fingerprint density at radius 1 is 1.13 bits per heavy atom. The van der Waals surface area contributed by atoms with Crippen LogP contribution >= 0.6 is 0 Å². The van der Waals surface area contributed by atoms with Crippen LogP contribution in [0.15, 0.2) is 65.8 Å². The number of amides is 1. The molecule has 0 spiro atoms. The first-order valence-corrected chi connectivity index (χ1v) is 11.5. The second-order valence-corrected chi connectivity index (χ2v) is 8.58. The van der Waals surface area contributed by atoms with Gasteiger partial charge in [0.1, 0.15) is 23.2 Å². The quantitative estimate of drug-likeness (QED) is 0.351. The Balaban J connectivity index is 1.41. The zero-order valence-electron chi connectivity index (χ0n) is 20.5. The number of anilines is 1. The van der Waals surface area contributed by atoms with Crippen molar-refractivity contribution >= 4 is 17.1 Å². The van der Waals surface area contributed by atoms with Gasteiger partial charge in [0.15, 0.2) is 11.6 Å². The van der Waals surface area contributed by atoms with E-state index in [9.17, 15) is 23.5 Å². The number of benzene rings is 2. The van der Waals surface area contributed by atoms with Crippen LogP contribution in [0.1, 0.15) is 34.6 Å². The largest absolute Gasteiger partial charge is 0.434 e. The molecule has 3 heterocycles. The maximum absolute atomic E-state index is 15.0. The summed E-state index contributed by atoms with van der Waals surface area (Å²) in [5.41, 5.74) is 0.991. The normalized spacial score (nSPS) is 12.1. The van der Waals surface area contributed by atoms with Crippen LogP contribution < -0.4 is 15.6 Å². The number of nitrogens with zero attached hydrogens (tertiary/aromatic N) is 5. The summed E-state index contributed by atoms with van der Waals surface area (Å²) in [6, 6.07) is 10.7. The molecule has 12 heteroatoms. The number of carbonyl (C=O) groups is 1. The maximum Gasteiger partial charge on any atom is 0.284 e. The number of halogens is 2. The van der Waals surface area contributed by atoms with Crippen molar-refractivity contribution in [2.24, 2.45) is 7.05 Å². The third kappa shape index (κ3) is 4.30. The van der Waals surface area contributed by atoms with Crippen molar-refractivity contribution in [3.63, 3.8) is 0 Å². The fourth-order valence-corrected chi connectivity index (χ4v) is 4.16. The lowest BCUT2D eigenvalue weighted by atomic mass is 10.2. The first-order chi connectivity index (χ1) is 18.2. The summed E-state index contributed by atoms with van der Waals surface area (Å²) in [4.78, 5) is 30.2. The van der Waals surface area contributed by atoms with Gasteiger partial charge in [-0.15, -0.1) is 0 Å². The summed E-state index contributed by atoms with van der Waals surface area (Å²) < 4.78 is 38.2. The number of aromatic nitrogens is 5. The smallest absolute Gasteiger partial charge is 0.284 e. The van der Waals surface area contributed by atoms with Gasteiger partial charge in [0.05, 0.1) is 17.5 Å². The Labute approximate surface area is 214 Å². The van der Waals surface area contributed by atoms with E-state index in [1.807, 2.05) is 0 Å². The molecule has 0 fully saturated rings. The molecule has 10 nitrogen and oxygen atoms in total. The van der Waals surface area contributed by atoms with Crippen molar-refractivity contribution in [1.29, 1.82) is 0 Å². The summed E-state index contributed by atoms with van der Waals surface area (Å²) in [6.07, 6.45) is 2.03. The highest BCUT2D eigenvalue weighted by Crippen LogP contribution is 2.31. The predicted octanol–water partition coefficient (Wildman–Crippen LogP) is 3.90. The molecule has 0 saturated carbocycles. The van der Waals surface area contributed by atoms with E-state index in [-0.39, 0.29) is 22.9 Å². The average molecular weight is 520 g/mol. The van der Waals surface area contributed by atoms with Crippen molar-refractivity contribution in [2.45, 2.75) is 20.0 Å². The Morgan fingerprint density at radius 2 is 1.87 bits per heavy atom. The molecule has 2 aromatic carbocycles. The number of carbonyl (C=O) groups excluding carboxylic acids is 1. The molecule has 0 aliphatic rings. The SMILES string of the molecule is Cc1c(C(=O)Nc2ccc(Oc3ncnn4ccc(C(C)O)c34)c(F)c2)c(=O)n(-c2ccc(F)cc2)n1C. The lowest BCUT2D eigenvalue weighted by Gasteiger charge is -2.11. The molecule has 0 bridgehead atoms. The van der Waals surface area contributed by atoms with Crippen molar-refractivity contribution < 1.29 is 23.4 Å². The minimum absolute atomic E-state index is 0.0397. The van der Waals surface area contributed by atoms with Crippen LogP contribution in [0.2, 0.25) is 0 Å². The molecule has 0 aliphatic carbocycles. The van der Waals surface area contributed by atoms with Gasteiger partial charge in [0.25, 0.3) is 11.5 Å². The molecule has 1 atom stereocenters. The minimum atomic E-state index is -0.829. The Bertz CT molecular complexity index is 1740. The first-order valence-electron chi connectivity index (χ1n) is 11.5. The predicted molar refractivity (Wildman–Crippen MR) is 134 cm³/mol. The zero-order chi connectivity index (χ0) is 27.1. The van der Waals surface area contributed by atoms with Crippen LogP contribution in [0.25, 0.3) is 11.2 Å². The number of hydrogen-bond acceptors (Lipinski definition) is 6. The molecule has 5 aromatic rings. The van der Waals surface area contributed by atoms with Crippen LogP contribution in [0.3, 0.4) is 0 Å². The molecule has 3 aromatic heterocycles. The number of hydrogen-bond donors (Lipinski definition) is 2. The summed E-state index contributed by atoms with van der Waals surface area (Å²) in [5, 5.41) is 16.6. The van der Waals surface area contributed by atoms with Crippen LogP contribution in [0.5, 0.6) is 11.6 Å². The fraction of sp³-hybridized carbons (Fsp3) is 0.154. The highest BCUT2D eigenvalue weighted by atomic mass is 19.1. The monoisotopic (exact) mass is 520 g/mol. The van der Waals surface area contributed by atoms with Gasteiger partial charge in [0.2, 0.25) is 5.88 Å². The standard InChI is InChI=1S/C26H22F2N6O4/c1-14-22(26(37)34(32(14)3)18-7-4-16(27)5-8-18)24(36)31-17-6-9-21(20(28)12-17)38-25-23-19(15(2)35)10-11-33(23)30-13-29-25/h4-13,15,35H,1-3H3,(H,31,36). The highest BCUT2D eigenvalue weighted by Gasteiger charge is 2.23. The van der Waals surface area contributed by atoms with Gasteiger partial charge in [-0.3, -0.25) is 14.3 Å². The lowest BCUT2D eigenvalue weighted by molar-refractivity contribution is 0.102. The number of ether oxygens (including phenoxy) is 1. The van der Waals surface area contributed by atoms with Gasteiger partial charge >= 0.3 is 0 Å². The van der Waals surface area contributed by atoms with Crippen LogP contribution in [0, 0.1) is 18.6 Å². The maximum atomic E-state index is 15.0. The van der Waals surface area contributed by atoms with Crippen LogP contribution in [0.4, 0.5) is 14.5 Å². The average Bonchev–Trinajstić information content (AvgIpc) is 3.41. The van der Waals surface area contributed by atoms with E-state index in [1.165, 1.54) is 56.6 Å². The molecule has 1 amide bonds. The number of rotatable bonds is 6. The topological polar surface area (TPSA) is 116 Å². The molecular weight excluding hydrogens is 498 g/mol. The van der Waals surface area contributed by atoms with E-state index in [1.54, 1.807) is 33.2 Å². The van der Waals surface area contributed by atoms with E-state index < -0.39 is 29.2 Å². The van der Waals surface area contributed by atoms with Gasteiger partial charge < -0.3 is 15.2 Å².